The van der Waals surface area contributed by atoms with Gasteiger partial charge in [0.15, 0.2) is 6.29 Å². The van der Waals surface area contributed by atoms with Gasteiger partial charge >= 0.3 is 0 Å². The van der Waals surface area contributed by atoms with E-state index >= 15 is 0 Å². The van der Waals surface area contributed by atoms with E-state index in [4.69, 9.17) is 23.7 Å². The van der Waals surface area contributed by atoms with Crippen molar-refractivity contribution in [2.75, 3.05) is 59.3 Å². The quantitative estimate of drug-likeness (QED) is 0.398. The molecule has 0 spiro atoms. The Bertz CT molecular complexity index is 327. The molecule has 3 aliphatic heterocycles. The Morgan fingerprint density at radius 3 is 2.58 bits per heavy atom. The van der Waals surface area contributed by atoms with Gasteiger partial charge in [0.2, 0.25) is 0 Å². The Hall–Kier alpha value is -0.240. The maximum absolute atomic E-state index is 6.05. The summed E-state index contributed by atoms with van der Waals surface area (Å²) in [6.07, 6.45) is 7.19. The number of rotatable bonds is 12. The summed E-state index contributed by atoms with van der Waals surface area (Å²) >= 11 is 0. The summed E-state index contributed by atoms with van der Waals surface area (Å²) in [6.45, 7) is 7.83. The Morgan fingerprint density at radius 1 is 1.00 bits per heavy atom. The normalized spacial score (nSPS) is 29.0. The van der Waals surface area contributed by atoms with Crippen LogP contribution >= 0.6 is 0 Å². The Balaban J connectivity index is 1.28. The molecule has 0 radical (unpaired) electrons. The van der Waals surface area contributed by atoms with Gasteiger partial charge in [-0.15, -0.1) is 0 Å². The molecule has 3 fully saturated rings. The van der Waals surface area contributed by atoms with E-state index in [1.54, 1.807) is 0 Å². The van der Waals surface area contributed by atoms with Gasteiger partial charge in [-0.05, 0) is 51.6 Å². The highest BCUT2D eigenvalue weighted by atomic mass is 16.7. The summed E-state index contributed by atoms with van der Waals surface area (Å²) in [5.41, 5.74) is 0. The first-order valence-corrected chi connectivity index (χ1v) is 9.66. The lowest BCUT2D eigenvalue weighted by Crippen LogP contribution is -2.34. The van der Waals surface area contributed by atoms with E-state index < -0.39 is 0 Å². The Labute approximate surface area is 145 Å². The van der Waals surface area contributed by atoms with E-state index in [1.165, 1.54) is 32.4 Å². The highest BCUT2D eigenvalue weighted by molar-refractivity contribution is 4.69. The van der Waals surface area contributed by atoms with Gasteiger partial charge in [-0.25, -0.2) is 0 Å². The largest absolute Gasteiger partial charge is 0.379 e. The third-order valence-electron chi connectivity index (χ3n) is 4.76. The van der Waals surface area contributed by atoms with Crippen LogP contribution in [-0.2, 0) is 23.7 Å². The van der Waals surface area contributed by atoms with Gasteiger partial charge < -0.3 is 28.6 Å². The summed E-state index contributed by atoms with van der Waals surface area (Å²) in [4.78, 5) is 2.52. The zero-order chi connectivity index (χ0) is 16.5. The van der Waals surface area contributed by atoms with Crippen LogP contribution in [0, 0.1) is 0 Å². The van der Waals surface area contributed by atoms with Crippen molar-refractivity contribution >= 4 is 0 Å². The van der Waals surface area contributed by atoms with Gasteiger partial charge in [0.05, 0.1) is 26.4 Å². The van der Waals surface area contributed by atoms with Crippen molar-refractivity contribution in [1.82, 2.24) is 4.90 Å². The molecular formula is C18H33NO5. The fourth-order valence-electron chi connectivity index (χ4n) is 3.27. The zero-order valence-electron chi connectivity index (χ0n) is 14.8. The SMILES string of the molecule is C1CCC(OC(COCCCN2CCCC2)COCC2CO2)OC1. The molecule has 0 bridgehead atoms. The van der Waals surface area contributed by atoms with Gasteiger partial charge in [0.1, 0.15) is 12.2 Å². The molecule has 140 valence electrons. The lowest BCUT2D eigenvalue weighted by molar-refractivity contribution is -0.208. The second-order valence-corrected chi connectivity index (χ2v) is 7.02. The number of hydrogen-bond acceptors (Lipinski definition) is 6. The van der Waals surface area contributed by atoms with Gasteiger partial charge in [-0.1, -0.05) is 0 Å². The van der Waals surface area contributed by atoms with Gasteiger partial charge in [0.25, 0.3) is 0 Å². The molecule has 3 rings (SSSR count). The van der Waals surface area contributed by atoms with E-state index in [9.17, 15) is 0 Å². The van der Waals surface area contributed by atoms with Crippen LogP contribution in [0.4, 0.5) is 0 Å². The Morgan fingerprint density at radius 2 is 1.83 bits per heavy atom. The van der Waals surface area contributed by atoms with Crippen molar-refractivity contribution in [1.29, 1.82) is 0 Å². The van der Waals surface area contributed by atoms with Crippen molar-refractivity contribution in [2.45, 2.75) is 57.0 Å². The van der Waals surface area contributed by atoms with Crippen molar-refractivity contribution in [3.63, 3.8) is 0 Å². The van der Waals surface area contributed by atoms with Crippen LogP contribution in [0.3, 0.4) is 0 Å². The minimum Gasteiger partial charge on any atom is -0.379 e. The molecule has 0 amide bonds. The molecule has 0 aromatic heterocycles. The first kappa shape index (κ1) is 18.5. The maximum Gasteiger partial charge on any atom is 0.158 e. The van der Waals surface area contributed by atoms with E-state index in [2.05, 4.69) is 4.90 Å². The predicted molar refractivity (Wildman–Crippen MR) is 90.1 cm³/mol. The smallest absolute Gasteiger partial charge is 0.158 e. The van der Waals surface area contributed by atoms with Crippen molar-refractivity contribution < 1.29 is 23.7 Å². The molecule has 6 heteroatoms. The van der Waals surface area contributed by atoms with Crippen LogP contribution in [-0.4, -0.2) is 82.7 Å². The van der Waals surface area contributed by atoms with Crippen LogP contribution in [0.2, 0.25) is 0 Å². The van der Waals surface area contributed by atoms with Crippen LogP contribution in [0.1, 0.15) is 38.5 Å². The average molecular weight is 343 g/mol. The molecule has 0 N–H and O–H groups in total. The lowest BCUT2D eigenvalue weighted by Gasteiger charge is -2.27. The predicted octanol–water partition coefficient (Wildman–Crippen LogP) is 1.82. The average Bonchev–Trinajstić information content (AvgIpc) is 3.28. The van der Waals surface area contributed by atoms with Crippen LogP contribution in [0.25, 0.3) is 0 Å². The molecule has 0 aromatic rings. The lowest BCUT2D eigenvalue weighted by atomic mass is 10.2. The van der Waals surface area contributed by atoms with Crippen molar-refractivity contribution in [2.24, 2.45) is 0 Å². The second kappa shape index (κ2) is 10.7. The van der Waals surface area contributed by atoms with E-state index in [0.717, 1.165) is 45.6 Å². The molecule has 0 aromatic carbocycles. The minimum atomic E-state index is -0.0993. The summed E-state index contributed by atoms with van der Waals surface area (Å²) in [5, 5.41) is 0. The van der Waals surface area contributed by atoms with Crippen LogP contribution < -0.4 is 0 Å². The number of hydrogen-bond donors (Lipinski definition) is 0. The van der Waals surface area contributed by atoms with Crippen LogP contribution in [0.15, 0.2) is 0 Å². The molecule has 24 heavy (non-hydrogen) atoms. The van der Waals surface area contributed by atoms with E-state index in [1.807, 2.05) is 0 Å². The first-order valence-electron chi connectivity index (χ1n) is 9.66. The van der Waals surface area contributed by atoms with Crippen molar-refractivity contribution in [3.8, 4) is 0 Å². The molecule has 6 nitrogen and oxygen atoms in total. The summed E-state index contributed by atoms with van der Waals surface area (Å²) in [6, 6.07) is 0. The third kappa shape index (κ3) is 7.33. The molecule has 3 saturated heterocycles. The molecule has 3 heterocycles. The number of nitrogens with zero attached hydrogens (tertiary/aromatic N) is 1. The third-order valence-corrected chi connectivity index (χ3v) is 4.76. The van der Waals surface area contributed by atoms with Gasteiger partial charge in [-0.3, -0.25) is 0 Å². The second-order valence-electron chi connectivity index (χ2n) is 7.02. The van der Waals surface area contributed by atoms with Gasteiger partial charge in [-0.2, -0.15) is 0 Å². The van der Waals surface area contributed by atoms with E-state index in [-0.39, 0.29) is 18.5 Å². The minimum absolute atomic E-state index is 0.0568. The fraction of sp³-hybridized carbons (Fsp3) is 1.00. The monoisotopic (exact) mass is 343 g/mol. The van der Waals surface area contributed by atoms with Crippen LogP contribution in [0.5, 0.6) is 0 Å². The molecular weight excluding hydrogens is 310 g/mol. The first-order chi connectivity index (χ1) is 11.9. The molecule has 3 atom stereocenters. The van der Waals surface area contributed by atoms with E-state index in [0.29, 0.717) is 19.8 Å². The number of epoxide rings is 1. The van der Waals surface area contributed by atoms with Crippen molar-refractivity contribution in [3.05, 3.63) is 0 Å². The summed E-state index contributed by atoms with van der Waals surface area (Å²) < 4.78 is 28.5. The molecule has 3 unspecified atom stereocenters. The molecule has 0 aliphatic carbocycles. The fourth-order valence-corrected chi connectivity index (χ4v) is 3.27. The molecule has 3 aliphatic rings. The number of likely N-dealkylation sites (tertiary alicyclic amines) is 1. The summed E-state index contributed by atoms with van der Waals surface area (Å²) in [7, 11) is 0. The Kier molecular flexibility index (Phi) is 8.26. The summed E-state index contributed by atoms with van der Waals surface area (Å²) in [5.74, 6) is 0. The highest BCUT2D eigenvalue weighted by Gasteiger charge is 2.24. The van der Waals surface area contributed by atoms with Gasteiger partial charge in [0, 0.05) is 19.8 Å². The zero-order valence-corrected chi connectivity index (χ0v) is 14.8. The maximum atomic E-state index is 6.05. The number of ether oxygens (including phenoxy) is 5. The standard InChI is InChI=1S/C18H33NO5/c1-4-11-22-18(6-1)24-17(14-21-12-16-15-23-16)13-20-10-5-9-19-7-2-3-8-19/h16-18H,1-15H2. The molecule has 0 saturated carbocycles. The topological polar surface area (TPSA) is 52.7 Å². The highest BCUT2D eigenvalue weighted by Crippen LogP contribution is 2.16.